The summed E-state index contributed by atoms with van der Waals surface area (Å²) in [4.78, 5) is 27.9. The molecule has 1 aliphatic heterocycles. The molecule has 7 heteroatoms. The molecular formula is C28H27ClN2O4. The van der Waals surface area contributed by atoms with Crippen molar-refractivity contribution >= 4 is 35.2 Å². The molecular weight excluding hydrogens is 464 g/mol. The molecule has 0 N–H and O–H groups in total. The van der Waals surface area contributed by atoms with Crippen LogP contribution < -0.4 is 9.64 Å². The minimum atomic E-state index is -0.572. The highest BCUT2D eigenvalue weighted by molar-refractivity contribution is 6.32. The van der Waals surface area contributed by atoms with Crippen LogP contribution >= 0.6 is 11.6 Å². The van der Waals surface area contributed by atoms with Gasteiger partial charge >= 0.3 is 5.97 Å². The lowest BCUT2D eigenvalue weighted by Crippen LogP contribution is -2.24. The van der Waals surface area contributed by atoms with E-state index in [1.165, 1.54) is 19.1 Å². The van der Waals surface area contributed by atoms with Crippen molar-refractivity contribution in [2.45, 2.75) is 27.7 Å². The summed E-state index contributed by atoms with van der Waals surface area (Å²) in [5.74, 6) is -0.405. The average molecular weight is 491 g/mol. The number of hydrogen-bond acceptors (Lipinski definition) is 4. The first-order valence-electron chi connectivity index (χ1n) is 11.1. The van der Waals surface area contributed by atoms with Crippen molar-refractivity contribution in [1.29, 1.82) is 0 Å². The first-order chi connectivity index (χ1) is 16.7. The lowest BCUT2D eigenvalue weighted by atomic mass is 10.0. The third kappa shape index (κ3) is 4.26. The fraction of sp³-hybridized carbons (Fsp3) is 0.214. The van der Waals surface area contributed by atoms with Gasteiger partial charge in [-0.25, -0.2) is 4.79 Å². The monoisotopic (exact) mass is 490 g/mol. The van der Waals surface area contributed by atoms with Crippen LogP contribution in [0.3, 0.4) is 0 Å². The molecule has 2 aromatic carbocycles. The minimum Gasteiger partial charge on any atom is -0.495 e. The number of aromatic nitrogens is 1. The number of aryl methyl sites for hydroxylation is 2. The number of ether oxygens (including phenoxy) is 2. The molecule has 4 rings (SSSR count). The van der Waals surface area contributed by atoms with Crippen molar-refractivity contribution < 1.29 is 19.1 Å². The number of hydrogen-bond donors (Lipinski definition) is 0. The second kappa shape index (κ2) is 9.47. The molecule has 0 aliphatic carbocycles. The maximum absolute atomic E-state index is 13.7. The number of nitrogens with zero attached hydrogens (tertiary/aromatic N) is 2. The van der Waals surface area contributed by atoms with Crippen molar-refractivity contribution in [3.8, 4) is 11.4 Å². The van der Waals surface area contributed by atoms with Gasteiger partial charge in [0, 0.05) is 22.8 Å². The summed E-state index contributed by atoms with van der Waals surface area (Å²) in [5, 5.41) is 0.365. The fourth-order valence-corrected chi connectivity index (χ4v) is 4.79. The molecule has 2 heterocycles. The number of allylic oxidation sites excluding steroid dienone is 1. The Hall–Kier alpha value is -3.77. The van der Waals surface area contributed by atoms with Gasteiger partial charge in [0.2, 0.25) is 0 Å². The van der Waals surface area contributed by atoms with Crippen LogP contribution in [-0.2, 0) is 14.3 Å². The van der Waals surface area contributed by atoms with Crippen molar-refractivity contribution in [3.63, 3.8) is 0 Å². The Balaban J connectivity index is 1.84. The lowest BCUT2D eigenvalue weighted by molar-refractivity contribution is -0.136. The van der Waals surface area contributed by atoms with Crippen LogP contribution in [0, 0.1) is 20.8 Å². The van der Waals surface area contributed by atoms with Crippen LogP contribution in [0.25, 0.3) is 11.8 Å². The molecule has 1 amide bonds. The summed E-state index contributed by atoms with van der Waals surface area (Å²) in [6, 6.07) is 15.3. The molecule has 0 saturated carbocycles. The number of benzene rings is 2. The first kappa shape index (κ1) is 24.4. The standard InChI is InChI=1S/C28H27ClN2O4/c1-16-8-7-9-21(12-16)30-17(2)13-20(18(30)3)14-23-26(28(33)35-6)19(4)31(27(23)32)22-10-11-25(34-5)24(29)15-22/h7-15H,1-6H3/b23-14-. The lowest BCUT2D eigenvalue weighted by Gasteiger charge is -2.19. The predicted octanol–water partition coefficient (Wildman–Crippen LogP) is 5.94. The van der Waals surface area contributed by atoms with E-state index in [4.69, 9.17) is 21.1 Å². The third-order valence-corrected chi connectivity index (χ3v) is 6.51. The zero-order valence-corrected chi connectivity index (χ0v) is 21.4. The van der Waals surface area contributed by atoms with Gasteiger partial charge in [-0.2, -0.15) is 0 Å². The number of amides is 1. The van der Waals surface area contributed by atoms with Gasteiger partial charge in [-0.05, 0) is 81.3 Å². The Kier molecular flexibility index (Phi) is 6.59. The van der Waals surface area contributed by atoms with E-state index in [1.54, 1.807) is 31.2 Å². The zero-order chi connectivity index (χ0) is 25.4. The van der Waals surface area contributed by atoms with E-state index >= 15 is 0 Å². The summed E-state index contributed by atoms with van der Waals surface area (Å²) < 4.78 is 12.4. The quantitative estimate of drug-likeness (QED) is 0.328. The third-order valence-electron chi connectivity index (χ3n) is 6.21. The van der Waals surface area contributed by atoms with Gasteiger partial charge < -0.3 is 14.0 Å². The van der Waals surface area contributed by atoms with Crippen molar-refractivity contribution in [2.24, 2.45) is 0 Å². The maximum atomic E-state index is 13.7. The number of esters is 1. The summed E-state index contributed by atoms with van der Waals surface area (Å²) >= 11 is 6.32. The molecule has 3 aromatic rings. The van der Waals surface area contributed by atoms with Crippen molar-refractivity contribution in [2.75, 3.05) is 19.1 Å². The molecule has 0 bridgehead atoms. The first-order valence-corrected chi connectivity index (χ1v) is 11.5. The van der Waals surface area contributed by atoms with E-state index in [9.17, 15) is 9.59 Å². The molecule has 0 radical (unpaired) electrons. The number of carbonyl (C=O) groups excluding carboxylic acids is 2. The Bertz CT molecular complexity index is 1410. The Labute approximate surface area is 210 Å². The highest BCUT2D eigenvalue weighted by atomic mass is 35.5. The van der Waals surface area contributed by atoms with Gasteiger partial charge in [0.25, 0.3) is 5.91 Å². The van der Waals surface area contributed by atoms with Crippen LogP contribution in [0.2, 0.25) is 5.02 Å². The molecule has 0 saturated heterocycles. The van der Waals surface area contributed by atoms with Crippen LogP contribution in [0.5, 0.6) is 5.75 Å². The molecule has 1 aliphatic rings. The maximum Gasteiger partial charge on any atom is 0.340 e. The zero-order valence-electron chi connectivity index (χ0n) is 20.6. The average Bonchev–Trinajstić information content (AvgIpc) is 3.24. The van der Waals surface area contributed by atoms with Gasteiger partial charge in [-0.1, -0.05) is 23.7 Å². The van der Waals surface area contributed by atoms with Crippen LogP contribution in [0.1, 0.15) is 29.4 Å². The summed E-state index contributed by atoms with van der Waals surface area (Å²) in [7, 11) is 2.83. The van der Waals surface area contributed by atoms with E-state index in [0.29, 0.717) is 22.2 Å². The molecule has 0 fully saturated rings. The molecule has 1 aromatic heterocycles. The van der Waals surface area contributed by atoms with Gasteiger partial charge in [-0.15, -0.1) is 0 Å². The van der Waals surface area contributed by atoms with Gasteiger partial charge in [0.15, 0.2) is 0 Å². The van der Waals surface area contributed by atoms with Crippen LogP contribution in [-0.4, -0.2) is 30.7 Å². The normalized spacial score (nSPS) is 14.8. The molecule has 180 valence electrons. The van der Waals surface area contributed by atoms with Crippen LogP contribution in [0.4, 0.5) is 5.69 Å². The van der Waals surface area contributed by atoms with Gasteiger partial charge in [0.1, 0.15) is 5.75 Å². The number of halogens is 1. The Morgan fingerprint density at radius 3 is 2.34 bits per heavy atom. The number of carbonyl (C=O) groups is 2. The fourth-order valence-electron chi connectivity index (χ4n) is 4.54. The predicted molar refractivity (Wildman–Crippen MR) is 138 cm³/mol. The number of methoxy groups -OCH3 is 2. The highest BCUT2D eigenvalue weighted by Gasteiger charge is 2.38. The van der Waals surface area contributed by atoms with E-state index < -0.39 is 5.97 Å². The largest absolute Gasteiger partial charge is 0.495 e. The van der Waals surface area contributed by atoms with Crippen LogP contribution in [0.15, 0.2) is 65.4 Å². The van der Waals surface area contributed by atoms with E-state index in [2.05, 4.69) is 10.6 Å². The van der Waals surface area contributed by atoms with Crippen molar-refractivity contribution in [1.82, 2.24) is 4.57 Å². The molecule has 35 heavy (non-hydrogen) atoms. The second-order valence-corrected chi connectivity index (χ2v) is 8.88. The van der Waals surface area contributed by atoms with Crippen molar-refractivity contribution in [3.05, 3.63) is 92.9 Å². The smallest absolute Gasteiger partial charge is 0.340 e. The van der Waals surface area contributed by atoms with Gasteiger partial charge in [0.05, 0.1) is 36.1 Å². The summed E-state index contributed by atoms with van der Waals surface area (Å²) in [6.45, 7) is 7.78. The summed E-state index contributed by atoms with van der Waals surface area (Å²) in [5.41, 5.74) is 6.52. The topological polar surface area (TPSA) is 60.8 Å². The molecule has 0 spiro atoms. The Morgan fingerprint density at radius 1 is 0.971 bits per heavy atom. The SMILES string of the molecule is COC(=O)C1=C(C)N(c2ccc(OC)c(Cl)c2)C(=O)/C1=C\c1cc(C)n(-c2cccc(C)c2)c1C. The number of rotatable bonds is 5. The van der Waals surface area contributed by atoms with Gasteiger partial charge in [-0.3, -0.25) is 9.69 Å². The second-order valence-electron chi connectivity index (χ2n) is 8.47. The molecule has 6 nitrogen and oxygen atoms in total. The molecule has 0 unspecified atom stereocenters. The molecule has 0 atom stereocenters. The highest BCUT2D eigenvalue weighted by Crippen LogP contribution is 2.38. The van der Waals surface area contributed by atoms with E-state index in [-0.39, 0.29) is 17.1 Å². The number of anilines is 1. The van der Waals surface area contributed by atoms with E-state index in [0.717, 1.165) is 28.2 Å². The summed E-state index contributed by atoms with van der Waals surface area (Å²) in [6.07, 6.45) is 1.76. The Morgan fingerprint density at radius 2 is 1.71 bits per heavy atom. The minimum absolute atomic E-state index is 0.227. The van der Waals surface area contributed by atoms with E-state index in [1.807, 2.05) is 45.0 Å².